The van der Waals surface area contributed by atoms with Crippen molar-refractivity contribution in [3.8, 4) is 28.7 Å². The van der Waals surface area contributed by atoms with Crippen molar-refractivity contribution in [1.82, 2.24) is 39.7 Å². The van der Waals surface area contributed by atoms with E-state index in [4.69, 9.17) is 4.74 Å². The van der Waals surface area contributed by atoms with E-state index < -0.39 is 10.6 Å². The third-order valence-electron chi connectivity index (χ3n) is 9.83. The molecule has 1 saturated heterocycles. The maximum Gasteiger partial charge on any atom is 0.241 e. The highest BCUT2D eigenvalue weighted by Crippen LogP contribution is 2.37. The van der Waals surface area contributed by atoms with E-state index in [2.05, 4.69) is 53.7 Å². The second-order valence-electron chi connectivity index (χ2n) is 13.4. The number of hydrogen-bond donors (Lipinski definition) is 2. The van der Waals surface area contributed by atoms with Gasteiger partial charge in [0.15, 0.2) is 11.6 Å². The fourth-order valence-electron chi connectivity index (χ4n) is 6.72. The quantitative estimate of drug-likeness (QED) is 0.202. The maximum absolute atomic E-state index is 14.9. The number of rotatable bonds is 10. The Labute approximate surface area is 298 Å². The molecule has 12 nitrogen and oxygen atoms in total. The summed E-state index contributed by atoms with van der Waals surface area (Å²) in [6, 6.07) is 16.5. The van der Waals surface area contributed by atoms with Crippen LogP contribution >= 0.6 is 11.8 Å². The Balaban J connectivity index is 0.892. The summed E-state index contributed by atoms with van der Waals surface area (Å²) in [6.07, 6.45) is 9.20. The lowest BCUT2D eigenvalue weighted by Gasteiger charge is -2.29. The Morgan fingerprint density at radius 3 is 2.63 bits per heavy atom. The first kappa shape index (κ1) is 33.1. The van der Waals surface area contributed by atoms with Crippen LogP contribution in [-0.2, 0) is 16.6 Å². The van der Waals surface area contributed by atoms with Gasteiger partial charge in [-0.15, -0.1) is 11.8 Å². The van der Waals surface area contributed by atoms with Gasteiger partial charge in [0.05, 0.1) is 12.1 Å². The number of aryl methyl sites for hydroxylation is 1. The van der Waals surface area contributed by atoms with Gasteiger partial charge in [0.25, 0.3) is 0 Å². The van der Waals surface area contributed by atoms with Crippen molar-refractivity contribution < 1.29 is 18.7 Å². The van der Waals surface area contributed by atoms with E-state index in [9.17, 15) is 14.0 Å². The zero-order valence-corrected chi connectivity index (χ0v) is 29.3. The summed E-state index contributed by atoms with van der Waals surface area (Å²) in [5.41, 5.74) is 5.02. The number of hydrogen-bond acceptors (Lipinski definition) is 9. The lowest BCUT2D eigenvalue weighted by molar-refractivity contribution is -0.132. The summed E-state index contributed by atoms with van der Waals surface area (Å²) in [7, 11) is 1.85. The van der Waals surface area contributed by atoms with Crippen molar-refractivity contribution in [2.75, 3.05) is 44.3 Å². The molecule has 0 radical (unpaired) electrons. The minimum atomic E-state index is -0.720. The molecular formula is C37H38FN9O3S. The van der Waals surface area contributed by atoms with Crippen LogP contribution in [0, 0.1) is 5.82 Å². The highest BCUT2D eigenvalue weighted by Gasteiger charge is 2.45. The molecule has 8 rings (SSSR count). The van der Waals surface area contributed by atoms with Crippen molar-refractivity contribution in [3.63, 3.8) is 0 Å². The first-order valence-electron chi connectivity index (χ1n) is 17.1. The van der Waals surface area contributed by atoms with E-state index in [1.54, 1.807) is 23.1 Å². The van der Waals surface area contributed by atoms with Gasteiger partial charge in [0.2, 0.25) is 17.7 Å². The van der Waals surface area contributed by atoms with Gasteiger partial charge in [-0.3, -0.25) is 24.3 Å². The second-order valence-corrected chi connectivity index (χ2v) is 14.6. The van der Waals surface area contributed by atoms with Crippen molar-refractivity contribution >= 4 is 45.7 Å². The van der Waals surface area contributed by atoms with Crippen molar-refractivity contribution in [2.24, 2.45) is 7.05 Å². The van der Waals surface area contributed by atoms with Crippen LogP contribution in [0.3, 0.4) is 0 Å². The van der Waals surface area contributed by atoms with E-state index in [0.717, 1.165) is 30.4 Å². The Bertz CT molecular complexity index is 2140. The van der Waals surface area contributed by atoms with Gasteiger partial charge in [-0.2, -0.15) is 10.2 Å². The summed E-state index contributed by atoms with van der Waals surface area (Å²) in [5.74, 6) is 0.482. The number of aromatic nitrogens is 6. The molecule has 3 aromatic heterocycles. The molecule has 2 N–H and O–H groups in total. The minimum Gasteiger partial charge on any atom is -0.474 e. The molecule has 0 bridgehead atoms. The number of fused-ring (bicyclic) bond motifs is 1. The number of anilines is 1. The molecular weight excluding hydrogens is 670 g/mol. The van der Waals surface area contributed by atoms with Gasteiger partial charge in [-0.05, 0) is 67.3 Å². The molecule has 5 heterocycles. The molecule has 2 aromatic carbocycles. The molecule has 2 aliphatic heterocycles. The van der Waals surface area contributed by atoms with Gasteiger partial charge < -0.3 is 15.0 Å². The second kappa shape index (κ2) is 13.6. The molecule has 1 atom stereocenters. The molecule has 2 fully saturated rings. The van der Waals surface area contributed by atoms with Crippen LogP contribution in [0.4, 0.5) is 10.1 Å². The predicted octanol–water partition coefficient (Wildman–Crippen LogP) is 5.16. The molecule has 0 spiro atoms. The number of benzene rings is 2. The Morgan fingerprint density at radius 2 is 1.90 bits per heavy atom. The molecule has 14 heteroatoms. The third kappa shape index (κ3) is 6.85. The number of thioether (sulfide) groups is 1. The van der Waals surface area contributed by atoms with Crippen molar-refractivity contribution in [1.29, 1.82) is 0 Å². The largest absolute Gasteiger partial charge is 0.474 e. The molecule has 0 unspecified atom stereocenters. The summed E-state index contributed by atoms with van der Waals surface area (Å²) < 4.78 is 21.7. The first-order valence-corrected chi connectivity index (χ1v) is 18.3. The molecule has 1 saturated carbocycles. The van der Waals surface area contributed by atoms with Crippen LogP contribution in [0.5, 0.6) is 5.88 Å². The Kier molecular flexibility index (Phi) is 8.80. The maximum atomic E-state index is 14.9. The number of pyridine rings is 1. The molecule has 2 amide bonds. The number of H-pyrrole nitrogens is 1. The van der Waals surface area contributed by atoms with E-state index in [0.29, 0.717) is 66.6 Å². The standard InChI is InChI=1S/C37H38FN9O3S/c1-45-22-39-35(44-45)25-5-3-23(4-6-25)24-13-16-47(17-14-24)32(48)20-46-18-15-37(21-46,51-2)36(49)40-26-7-11-30-28(19-26)33(43-42-30)34-29(38)10-12-31(41-34)50-27-8-9-27/h3-7,10-13,19,22,27H,8-9,14-18,20-21H2,1-2H3,(H,40,49)(H,42,43)/t37-/m0/s1. The van der Waals surface area contributed by atoms with Crippen molar-refractivity contribution in [3.05, 3.63) is 78.4 Å². The number of amides is 2. The fourth-order valence-corrected chi connectivity index (χ4v) is 7.57. The summed E-state index contributed by atoms with van der Waals surface area (Å²) in [6.45, 7) is 2.56. The number of ether oxygens (including phenoxy) is 1. The molecule has 51 heavy (non-hydrogen) atoms. The van der Waals surface area contributed by atoms with Crippen LogP contribution < -0.4 is 10.1 Å². The monoisotopic (exact) mass is 707 g/mol. The Hall–Kier alpha value is -5.08. The van der Waals surface area contributed by atoms with E-state index >= 15 is 0 Å². The molecule has 5 aromatic rings. The zero-order valence-electron chi connectivity index (χ0n) is 28.4. The summed E-state index contributed by atoms with van der Waals surface area (Å²) in [4.78, 5) is 39.9. The van der Waals surface area contributed by atoms with Gasteiger partial charge in [-0.25, -0.2) is 14.4 Å². The number of carbonyl (C=O) groups is 2. The van der Waals surface area contributed by atoms with Crippen LogP contribution in [0.25, 0.3) is 39.3 Å². The minimum absolute atomic E-state index is 0.0598. The fraction of sp³-hybridized carbons (Fsp3) is 0.351. The number of nitrogens with one attached hydrogen (secondary N) is 2. The average molecular weight is 708 g/mol. The van der Waals surface area contributed by atoms with E-state index in [1.165, 1.54) is 29.5 Å². The predicted molar refractivity (Wildman–Crippen MR) is 194 cm³/mol. The van der Waals surface area contributed by atoms with Gasteiger partial charge >= 0.3 is 0 Å². The first-order chi connectivity index (χ1) is 24.8. The highest BCUT2D eigenvalue weighted by atomic mass is 32.2. The number of likely N-dealkylation sites (tertiary alicyclic amines) is 1. The lowest BCUT2D eigenvalue weighted by Crippen LogP contribution is -2.45. The van der Waals surface area contributed by atoms with Crippen LogP contribution in [0.1, 0.15) is 31.2 Å². The molecule has 3 aliphatic rings. The summed E-state index contributed by atoms with van der Waals surface area (Å²) in [5, 5.41) is 15.4. The normalized spacial score (nSPS) is 19.4. The van der Waals surface area contributed by atoms with Gasteiger partial charge in [0.1, 0.15) is 28.6 Å². The molecule has 1 aliphatic carbocycles. The van der Waals surface area contributed by atoms with Crippen LogP contribution in [0.15, 0.2) is 67.0 Å². The van der Waals surface area contributed by atoms with Crippen LogP contribution in [-0.4, -0.2) is 101 Å². The number of aromatic amines is 1. The molecule has 262 valence electrons. The number of carbonyl (C=O) groups excluding carboxylic acids is 2. The smallest absolute Gasteiger partial charge is 0.241 e. The van der Waals surface area contributed by atoms with E-state index in [1.807, 2.05) is 36.4 Å². The summed E-state index contributed by atoms with van der Waals surface area (Å²) >= 11 is 1.50. The van der Waals surface area contributed by atoms with E-state index in [-0.39, 0.29) is 30.2 Å². The SMILES string of the molecule is CS[C@@]1(C(=O)Nc2ccc3[nH]nc(-c4nc(OC5CC5)ccc4F)c3c2)CCN(CC(=O)N2CC=C(c3ccc(-c4ncn(C)n4)cc3)CC2)C1. The van der Waals surface area contributed by atoms with Gasteiger partial charge in [-0.1, -0.05) is 30.3 Å². The van der Waals surface area contributed by atoms with Gasteiger partial charge in [0, 0.05) is 55.9 Å². The van der Waals surface area contributed by atoms with Crippen LogP contribution in [0.2, 0.25) is 0 Å². The van der Waals surface area contributed by atoms with Crippen molar-refractivity contribution in [2.45, 2.75) is 36.5 Å². The zero-order chi connectivity index (χ0) is 35.1. The lowest BCUT2D eigenvalue weighted by atomic mass is 9.98. The topological polar surface area (TPSA) is 134 Å². The Morgan fingerprint density at radius 1 is 1.08 bits per heavy atom. The average Bonchev–Trinajstić information content (AvgIpc) is 3.48. The highest BCUT2D eigenvalue weighted by molar-refractivity contribution is 8.00. The third-order valence-corrected chi connectivity index (χ3v) is 11.1. The number of halogens is 1. The number of nitrogens with zero attached hydrogens (tertiary/aromatic N) is 7.